The maximum atomic E-state index is 11.0. The van der Waals surface area contributed by atoms with Crippen LogP contribution in [0.5, 0.6) is 0 Å². The molecule has 0 saturated carbocycles. The molecule has 0 aliphatic heterocycles. The molecule has 2 aromatic carbocycles. The Morgan fingerprint density at radius 1 is 1.10 bits per heavy atom. The highest BCUT2D eigenvalue weighted by molar-refractivity contribution is 9.10. The number of rotatable bonds is 5. The van der Waals surface area contributed by atoms with Crippen LogP contribution in [0.1, 0.15) is 16.7 Å². The second-order valence-electron chi connectivity index (χ2n) is 5.11. The highest BCUT2D eigenvalue weighted by Gasteiger charge is 2.15. The number of nitro groups is 1. The van der Waals surface area contributed by atoms with Crippen molar-refractivity contribution in [3.63, 3.8) is 0 Å². The summed E-state index contributed by atoms with van der Waals surface area (Å²) in [4.78, 5) is 12.7. The zero-order valence-corrected chi connectivity index (χ0v) is 13.6. The van der Waals surface area contributed by atoms with Crippen molar-refractivity contribution in [3.05, 3.63) is 73.7 Å². The molecule has 0 saturated heterocycles. The van der Waals surface area contributed by atoms with Gasteiger partial charge in [-0.05, 0) is 46.6 Å². The van der Waals surface area contributed by atoms with Crippen molar-refractivity contribution >= 4 is 21.6 Å². The van der Waals surface area contributed by atoms with Gasteiger partial charge in [0.1, 0.15) is 0 Å². The number of hydrogen-bond acceptors (Lipinski definition) is 3. The van der Waals surface area contributed by atoms with Crippen molar-refractivity contribution in [3.8, 4) is 0 Å². The van der Waals surface area contributed by atoms with Gasteiger partial charge in [-0.2, -0.15) is 0 Å². The lowest BCUT2D eigenvalue weighted by Gasteiger charge is -2.18. The smallest absolute Gasteiger partial charge is 0.283 e. The lowest BCUT2D eigenvalue weighted by molar-refractivity contribution is -0.385. The summed E-state index contributed by atoms with van der Waals surface area (Å²) < 4.78 is 0.562. The minimum Gasteiger partial charge on any atom is -0.298 e. The summed E-state index contributed by atoms with van der Waals surface area (Å²) in [6, 6.07) is 13.4. The van der Waals surface area contributed by atoms with Crippen molar-refractivity contribution in [1.29, 1.82) is 0 Å². The average molecular weight is 349 g/mol. The number of aryl methyl sites for hydroxylation is 1. The molecule has 0 aromatic heterocycles. The van der Waals surface area contributed by atoms with Crippen LogP contribution in [0, 0.1) is 17.0 Å². The molecule has 110 valence electrons. The van der Waals surface area contributed by atoms with E-state index >= 15 is 0 Å². The monoisotopic (exact) mass is 348 g/mol. The fraction of sp³-hybridized carbons (Fsp3) is 0.250. The van der Waals surface area contributed by atoms with E-state index in [9.17, 15) is 10.1 Å². The Morgan fingerprint density at radius 2 is 1.71 bits per heavy atom. The minimum absolute atomic E-state index is 0.108. The molecule has 0 spiro atoms. The van der Waals surface area contributed by atoms with Crippen LogP contribution >= 0.6 is 15.9 Å². The Hall–Kier alpha value is -1.72. The first-order chi connectivity index (χ1) is 9.99. The third-order valence-corrected chi connectivity index (χ3v) is 4.31. The normalized spacial score (nSPS) is 10.9. The van der Waals surface area contributed by atoms with E-state index in [2.05, 4.69) is 39.9 Å². The molecule has 0 unspecified atom stereocenters. The summed E-state index contributed by atoms with van der Waals surface area (Å²) in [5.41, 5.74) is 3.54. The van der Waals surface area contributed by atoms with E-state index in [1.165, 1.54) is 17.2 Å². The van der Waals surface area contributed by atoms with Gasteiger partial charge in [-0.1, -0.05) is 36.4 Å². The standard InChI is InChI=1S/C16H17BrN2O2/c1-12-6-3-4-7-13(12)10-18(2)11-14-8-5-9-15(16(14)17)19(20)21/h3-9H,10-11H2,1-2H3. The van der Waals surface area contributed by atoms with Gasteiger partial charge in [-0.3, -0.25) is 15.0 Å². The van der Waals surface area contributed by atoms with Crippen molar-refractivity contribution in [2.75, 3.05) is 7.05 Å². The zero-order valence-electron chi connectivity index (χ0n) is 12.0. The van der Waals surface area contributed by atoms with Crippen LogP contribution in [-0.4, -0.2) is 16.9 Å². The largest absolute Gasteiger partial charge is 0.298 e. The molecule has 0 aliphatic rings. The first-order valence-corrected chi connectivity index (χ1v) is 7.43. The third-order valence-electron chi connectivity index (χ3n) is 3.40. The molecule has 0 N–H and O–H groups in total. The number of nitro benzene ring substituents is 1. The molecule has 21 heavy (non-hydrogen) atoms. The van der Waals surface area contributed by atoms with Gasteiger partial charge in [0.2, 0.25) is 0 Å². The molecule has 4 nitrogen and oxygen atoms in total. The van der Waals surface area contributed by atoms with E-state index in [1.54, 1.807) is 6.07 Å². The maximum absolute atomic E-state index is 11.0. The van der Waals surface area contributed by atoms with Crippen LogP contribution in [0.3, 0.4) is 0 Å². The van der Waals surface area contributed by atoms with E-state index in [-0.39, 0.29) is 10.6 Å². The van der Waals surface area contributed by atoms with Crippen LogP contribution in [0.2, 0.25) is 0 Å². The molecule has 0 radical (unpaired) electrons. The van der Waals surface area contributed by atoms with Gasteiger partial charge in [0.25, 0.3) is 5.69 Å². The van der Waals surface area contributed by atoms with Crippen molar-refractivity contribution in [2.24, 2.45) is 0 Å². The second-order valence-corrected chi connectivity index (χ2v) is 5.90. The predicted octanol–water partition coefficient (Wildman–Crippen LogP) is 4.30. The summed E-state index contributed by atoms with van der Waals surface area (Å²) in [6.45, 7) is 3.55. The Bertz CT molecular complexity index is 658. The molecule has 2 rings (SSSR count). The van der Waals surface area contributed by atoms with Crippen LogP contribution in [0.25, 0.3) is 0 Å². The molecule has 0 atom stereocenters. The molecule has 2 aromatic rings. The Labute approximate surface area is 132 Å². The first kappa shape index (κ1) is 15.7. The number of hydrogen-bond donors (Lipinski definition) is 0. The summed E-state index contributed by atoms with van der Waals surface area (Å²) in [7, 11) is 2.01. The SMILES string of the molecule is Cc1ccccc1CN(C)Cc1cccc([N+](=O)[O-])c1Br. The lowest BCUT2D eigenvalue weighted by Crippen LogP contribution is -2.18. The van der Waals surface area contributed by atoms with Crippen molar-refractivity contribution in [1.82, 2.24) is 4.90 Å². The molecule has 5 heteroatoms. The van der Waals surface area contributed by atoms with Crippen molar-refractivity contribution < 1.29 is 4.92 Å². The van der Waals surface area contributed by atoms with Crippen LogP contribution < -0.4 is 0 Å². The van der Waals surface area contributed by atoms with Gasteiger partial charge >= 0.3 is 0 Å². The van der Waals surface area contributed by atoms with Crippen LogP contribution in [-0.2, 0) is 13.1 Å². The summed E-state index contributed by atoms with van der Waals surface area (Å²) in [6.07, 6.45) is 0. The van der Waals surface area contributed by atoms with E-state index in [1.807, 2.05) is 25.2 Å². The van der Waals surface area contributed by atoms with E-state index in [0.717, 1.165) is 12.1 Å². The highest BCUT2D eigenvalue weighted by Crippen LogP contribution is 2.29. The quantitative estimate of drug-likeness (QED) is 0.597. The Balaban J connectivity index is 2.13. The average Bonchev–Trinajstić information content (AvgIpc) is 2.43. The van der Waals surface area contributed by atoms with Gasteiger partial charge < -0.3 is 0 Å². The minimum atomic E-state index is -0.366. The van der Waals surface area contributed by atoms with Gasteiger partial charge in [-0.25, -0.2) is 0 Å². The third kappa shape index (κ3) is 3.89. The topological polar surface area (TPSA) is 46.4 Å². The van der Waals surface area contributed by atoms with Crippen LogP contribution in [0.4, 0.5) is 5.69 Å². The highest BCUT2D eigenvalue weighted by atomic mass is 79.9. The Kier molecular flexibility index (Phi) is 5.09. The fourth-order valence-corrected chi connectivity index (χ4v) is 2.79. The molecule has 0 heterocycles. The van der Waals surface area contributed by atoms with E-state index in [0.29, 0.717) is 11.0 Å². The Morgan fingerprint density at radius 3 is 2.38 bits per heavy atom. The molecule has 0 bridgehead atoms. The molecule has 0 aliphatic carbocycles. The molecular formula is C16H17BrN2O2. The fourth-order valence-electron chi connectivity index (χ4n) is 2.25. The van der Waals surface area contributed by atoms with Gasteiger partial charge in [0.15, 0.2) is 0 Å². The lowest BCUT2D eigenvalue weighted by atomic mass is 10.1. The van der Waals surface area contributed by atoms with E-state index < -0.39 is 0 Å². The number of nitrogens with zero attached hydrogens (tertiary/aromatic N) is 2. The van der Waals surface area contributed by atoms with E-state index in [4.69, 9.17) is 0 Å². The van der Waals surface area contributed by atoms with Gasteiger partial charge in [-0.15, -0.1) is 0 Å². The van der Waals surface area contributed by atoms with Crippen LogP contribution in [0.15, 0.2) is 46.9 Å². The number of benzene rings is 2. The maximum Gasteiger partial charge on any atom is 0.283 e. The van der Waals surface area contributed by atoms with Gasteiger partial charge in [0, 0.05) is 19.2 Å². The summed E-state index contributed by atoms with van der Waals surface area (Å²) in [5, 5.41) is 11.0. The first-order valence-electron chi connectivity index (χ1n) is 6.64. The van der Waals surface area contributed by atoms with Gasteiger partial charge in [0.05, 0.1) is 9.40 Å². The molecule has 0 amide bonds. The molecule has 0 fully saturated rings. The zero-order chi connectivity index (χ0) is 15.4. The molecular weight excluding hydrogens is 332 g/mol. The predicted molar refractivity (Wildman–Crippen MR) is 87.1 cm³/mol. The second kappa shape index (κ2) is 6.83. The summed E-state index contributed by atoms with van der Waals surface area (Å²) >= 11 is 3.34. The summed E-state index contributed by atoms with van der Waals surface area (Å²) in [5.74, 6) is 0. The number of halogens is 1. The van der Waals surface area contributed by atoms with Crippen molar-refractivity contribution in [2.45, 2.75) is 20.0 Å².